The topological polar surface area (TPSA) is 28.2 Å². The zero-order valence-corrected chi connectivity index (χ0v) is 12.0. The van der Waals surface area contributed by atoms with Gasteiger partial charge in [0.05, 0.1) is 10.7 Å². The van der Waals surface area contributed by atoms with Crippen molar-refractivity contribution >= 4 is 17.4 Å². The predicted molar refractivity (Wildman–Crippen MR) is 77.1 cm³/mol. The fourth-order valence-electron chi connectivity index (χ4n) is 2.48. The van der Waals surface area contributed by atoms with Crippen LogP contribution in [0.2, 0.25) is 5.02 Å². The van der Waals surface area contributed by atoms with Crippen molar-refractivity contribution in [2.75, 3.05) is 25.0 Å². The Kier molecular flexibility index (Phi) is 4.84. The summed E-state index contributed by atoms with van der Waals surface area (Å²) >= 11 is 6.23. The molecule has 1 aliphatic heterocycles. The normalized spacial score (nSPS) is 20.3. The molecule has 1 N–H and O–H groups in total. The monoisotopic (exact) mass is 267 g/mol. The van der Waals surface area contributed by atoms with E-state index in [-0.39, 0.29) is 0 Å². The number of anilines is 1. The van der Waals surface area contributed by atoms with Gasteiger partial charge in [-0.1, -0.05) is 24.9 Å². The van der Waals surface area contributed by atoms with Crippen LogP contribution in [0.1, 0.15) is 32.4 Å². The molecular weight excluding hydrogens is 246 g/mol. The average molecular weight is 268 g/mol. The van der Waals surface area contributed by atoms with Gasteiger partial charge in [-0.2, -0.15) is 0 Å². The molecule has 2 heterocycles. The summed E-state index contributed by atoms with van der Waals surface area (Å²) in [6.07, 6.45) is 2.58. The van der Waals surface area contributed by atoms with E-state index in [4.69, 9.17) is 11.6 Å². The summed E-state index contributed by atoms with van der Waals surface area (Å²) in [7, 11) is 0. The van der Waals surface area contributed by atoms with Gasteiger partial charge in [0.15, 0.2) is 0 Å². The average Bonchev–Trinajstić information content (AvgIpc) is 2.81. The highest BCUT2D eigenvalue weighted by Crippen LogP contribution is 2.24. The molecule has 1 aliphatic rings. The molecule has 0 saturated carbocycles. The third-order valence-corrected chi connectivity index (χ3v) is 3.94. The smallest absolute Gasteiger partial charge is 0.126 e. The van der Waals surface area contributed by atoms with Crippen molar-refractivity contribution in [3.63, 3.8) is 0 Å². The summed E-state index contributed by atoms with van der Waals surface area (Å²) in [4.78, 5) is 7.05. The Morgan fingerprint density at radius 1 is 1.44 bits per heavy atom. The van der Waals surface area contributed by atoms with E-state index in [0.29, 0.717) is 0 Å². The first-order valence-corrected chi connectivity index (χ1v) is 7.22. The molecule has 0 aromatic carbocycles. The van der Waals surface area contributed by atoms with Crippen LogP contribution < -0.4 is 5.32 Å². The highest BCUT2D eigenvalue weighted by Gasteiger charge is 2.21. The number of hydrogen-bond acceptors (Lipinski definition) is 3. The van der Waals surface area contributed by atoms with Crippen LogP contribution in [-0.4, -0.2) is 29.5 Å². The fourth-order valence-corrected chi connectivity index (χ4v) is 2.64. The van der Waals surface area contributed by atoms with Gasteiger partial charge in [0.1, 0.15) is 5.82 Å². The molecule has 1 unspecified atom stereocenters. The van der Waals surface area contributed by atoms with E-state index >= 15 is 0 Å². The highest BCUT2D eigenvalue weighted by molar-refractivity contribution is 6.31. The third kappa shape index (κ3) is 3.36. The number of nitrogens with zero attached hydrogens (tertiary/aromatic N) is 2. The number of rotatable bonds is 5. The molecule has 1 fully saturated rings. The van der Waals surface area contributed by atoms with Crippen LogP contribution in [-0.2, 0) is 6.54 Å². The third-order valence-electron chi connectivity index (χ3n) is 3.60. The molecule has 1 saturated heterocycles. The quantitative estimate of drug-likeness (QED) is 0.886. The SMILES string of the molecule is CCNc1ccc(Cl)c(CN2CCC(CC)C2)n1. The van der Waals surface area contributed by atoms with E-state index < -0.39 is 0 Å². The van der Waals surface area contributed by atoms with Gasteiger partial charge in [-0.25, -0.2) is 4.98 Å². The Labute approximate surface area is 115 Å². The second-order valence-electron chi connectivity index (χ2n) is 4.95. The summed E-state index contributed by atoms with van der Waals surface area (Å²) in [6.45, 7) is 8.44. The highest BCUT2D eigenvalue weighted by atomic mass is 35.5. The zero-order chi connectivity index (χ0) is 13.0. The van der Waals surface area contributed by atoms with Gasteiger partial charge in [-0.3, -0.25) is 4.90 Å². The van der Waals surface area contributed by atoms with Gasteiger partial charge < -0.3 is 5.32 Å². The minimum absolute atomic E-state index is 0.775. The molecule has 100 valence electrons. The lowest BCUT2D eigenvalue weighted by molar-refractivity contribution is 0.311. The molecule has 18 heavy (non-hydrogen) atoms. The Balaban J connectivity index is 2.02. The predicted octanol–water partition coefficient (Wildman–Crippen LogP) is 3.40. The summed E-state index contributed by atoms with van der Waals surface area (Å²) in [5.41, 5.74) is 0.992. The van der Waals surface area contributed by atoms with Gasteiger partial charge in [0.25, 0.3) is 0 Å². The van der Waals surface area contributed by atoms with Crippen molar-refractivity contribution in [2.24, 2.45) is 5.92 Å². The molecular formula is C14H22ClN3. The van der Waals surface area contributed by atoms with Crippen molar-refractivity contribution in [1.82, 2.24) is 9.88 Å². The van der Waals surface area contributed by atoms with Crippen LogP contribution in [0.5, 0.6) is 0 Å². The maximum absolute atomic E-state index is 6.23. The first-order chi connectivity index (χ1) is 8.72. The lowest BCUT2D eigenvalue weighted by atomic mass is 10.1. The maximum Gasteiger partial charge on any atom is 0.126 e. The van der Waals surface area contributed by atoms with Gasteiger partial charge in [-0.05, 0) is 37.9 Å². The summed E-state index contributed by atoms with van der Waals surface area (Å²) in [5, 5.41) is 4.01. The number of likely N-dealkylation sites (tertiary alicyclic amines) is 1. The number of aromatic nitrogens is 1. The lowest BCUT2D eigenvalue weighted by Gasteiger charge is -2.16. The first-order valence-electron chi connectivity index (χ1n) is 6.84. The Hall–Kier alpha value is -0.800. The van der Waals surface area contributed by atoms with Gasteiger partial charge >= 0.3 is 0 Å². The molecule has 0 spiro atoms. The number of hydrogen-bond donors (Lipinski definition) is 1. The van der Waals surface area contributed by atoms with E-state index in [2.05, 4.69) is 29.0 Å². The largest absolute Gasteiger partial charge is 0.370 e. The molecule has 1 atom stereocenters. The molecule has 1 aromatic heterocycles. The van der Waals surface area contributed by atoms with E-state index in [1.165, 1.54) is 25.9 Å². The molecule has 4 heteroatoms. The van der Waals surface area contributed by atoms with Crippen LogP contribution in [0.25, 0.3) is 0 Å². The van der Waals surface area contributed by atoms with Crippen molar-refractivity contribution in [1.29, 1.82) is 0 Å². The minimum Gasteiger partial charge on any atom is -0.370 e. The second kappa shape index (κ2) is 6.39. The molecule has 3 nitrogen and oxygen atoms in total. The van der Waals surface area contributed by atoms with Crippen LogP contribution in [0.4, 0.5) is 5.82 Å². The number of halogens is 1. The van der Waals surface area contributed by atoms with E-state index in [0.717, 1.165) is 35.5 Å². The Morgan fingerprint density at radius 2 is 2.28 bits per heavy atom. The van der Waals surface area contributed by atoms with E-state index in [1.807, 2.05) is 12.1 Å². The van der Waals surface area contributed by atoms with Crippen molar-refractivity contribution in [3.05, 3.63) is 22.8 Å². The molecule has 0 amide bonds. The summed E-state index contributed by atoms with van der Waals surface area (Å²) in [6, 6.07) is 3.88. The molecule has 1 aromatic rings. The minimum atomic E-state index is 0.775. The zero-order valence-electron chi connectivity index (χ0n) is 11.2. The summed E-state index contributed by atoms with van der Waals surface area (Å²) < 4.78 is 0. The molecule has 0 aliphatic carbocycles. The summed E-state index contributed by atoms with van der Waals surface area (Å²) in [5.74, 6) is 1.77. The maximum atomic E-state index is 6.23. The molecule has 0 bridgehead atoms. The van der Waals surface area contributed by atoms with E-state index in [1.54, 1.807) is 0 Å². The van der Waals surface area contributed by atoms with Crippen molar-refractivity contribution in [2.45, 2.75) is 33.2 Å². The Bertz CT molecular complexity index is 395. The second-order valence-corrected chi connectivity index (χ2v) is 5.36. The van der Waals surface area contributed by atoms with Gasteiger partial charge in [0, 0.05) is 19.6 Å². The number of pyridine rings is 1. The standard InChI is InChI=1S/C14H22ClN3/c1-3-11-7-8-18(9-11)10-13-12(15)5-6-14(17-13)16-4-2/h5-6,11H,3-4,7-10H2,1-2H3,(H,16,17). The fraction of sp³-hybridized carbons (Fsp3) is 0.643. The van der Waals surface area contributed by atoms with Crippen LogP contribution in [0.3, 0.4) is 0 Å². The van der Waals surface area contributed by atoms with Crippen molar-refractivity contribution in [3.8, 4) is 0 Å². The van der Waals surface area contributed by atoms with E-state index in [9.17, 15) is 0 Å². The lowest BCUT2D eigenvalue weighted by Crippen LogP contribution is -2.21. The number of nitrogens with one attached hydrogen (secondary N) is 1. The Morgan fingerprint density at radius 3 is 2.94 bits per heavy atom. The van der Waals surface area contributed by atoms with Gasteiger partial charge in [0.2, 0.25) is 0 Å². The van der Waals surface area contributed by atoms with Crippen LogP contribution in [0.15, 0.2) is 12.1 Å². The molecule has 0 radical (unpaired) electrons. The first kappa shape index (κ1) is 13.6. The molecule has 2 rings (SSSR count). The van der Waals surface area contributed by atoms with Crippen LogP contribution >= 0.6 is 11.6 Å². The van der Waals surface area contributed by atoms with Crippen molar-refractivity contribution < 1.29 is 0 Å². The van der Waals surface area contributed by atoms with Gasteiger partial charge in [-0.15, -0.1) is 0 Å². The van der Waals surface area contributed by atoms with Crippen LogP contribution in [0, 0.1) is 5.92 Å².